The minimum absolute atomic E-state index is 0.179. The number of ether oxygens (including phenoxy) is 2. The van der Waals surface area contributed by atoms with Gasteiger partial charge in [0.05, 0.1) is 6.61 Å². The Balaban J connectivity index is 1.41. The van der Waals surface area contributed by atoms with Gasteiger partial charge in [-0.3, -0.25) is 4.79 Å². The van der Waals surface area contributed by atoms with Gasteiger partial charge in [0.1, 0.15) is 11.9 Å². The summed E-state index contributed by atoms with van der Waals surface area (Å²) in [6.45, 7) is 3.15. The molecule has 1 atom stereocenters. The van der Waals surface area contributed by atoms with Gasteiger partial charge in [0.2, 0.25) is 0 Å². The third-order valence-electron chi connectivity index (χ3n) is 4.36. The summed E-state index contributed by atoms with van der Waals surface area (Å²) >= 11 is 0. The highest BCUT2D eigenvalue weighted by atomic mass is 16.5. The van der Waals surface area contributed by atoms with Crippen molar-refractivity contribution in [3.63, 3.8) is 0 Å². The van der Waals surface area contributed by atoms with Crippen molar-refractivity contribution < 1.29 is 14.3 Å². The molecule has 114 valence electrons. The third kappa shape index (κ3) is 3.76. The molecule has 2 aliphatic rings. The molecule has 0 bridgehead atoms. The Bertz CT molecular complexity index is 448. The van der Waals surface area contributed by atoms with E-state index < -0.39 is 0 Å². The number of piperidine rings is 1. The molecule has 0 radical (unpaired) electrons. The van der Waals surface area contributed by atoms with Crippen molar-refractivity contribution in [2.75, 3.05) is 26.3 Å². The van der Waals surface area contributed by atoms with Gasteiger partial charge < -0.3 is 14.4 Å². The maximum atomic E-state index is 12.3. The fourth-order valence-corrected chi connectivity index (χ4v) is 3.03. The fourth-order valence-electron chi connectivity index (χ4n) is 3.03. The van der Waals surface area contributed by atoms with E-state index in [9.17, 15) is 4.79 Å². The second kappa shape index (κ2) is 6.94. The van der Waals surface area contributed by atoms with Crippen molar-refractivity contribution in [2.45, 2.75) is 31.8 Å². The number of nitrogens with zero attached hydrogens (tertiary/aromatic N) is 1. The second-order valence-corrected chi connectivity index (χ2v) is 5.89. The summed E-state index contributed by atoms with van der Waals surface area (Å²) in [5.41, 5.74) is 0. The summed E-state index contributed by atoms with van der Waals surface area (Å²) in [6, 6.07) is 9.92. The summed E-state index contributed by atoms with van der Waals surface area (Å²) < 4.78 is 11.3. The molecular formula is C17H23NO3. The lowest BCUT2D eigenvalue weighted by atomic mass is 9.97. The number of carbonyl (C=O) groups is 1. The van der Waals surface area contributed by atoms with E-state index in [1.165, 1.54) is 0 Å². The average Bonchev–Trinajstić information content (AvgIpc) is 3.08. The van der Waals surface area contributed by atoms with Crippen LogP contribution in [0.25, 0.3) is 0 Å². The van der Waals surface area contributed by atoms with Crippen molar-refractivity contribution in [1.29, 1.82) is 0 Å². The minimum atomic E-state index is -0.179. The van der Waals surface area contributed by atoms with E-state index in [0.29, 0.717) is 5.92 Å². The molecule has 4 heteroatoms. The van der Waals surface area contributed by atoms with Gasteiger partial charge in [-0.15, -0.1) is 0 Å². The number of hydrogen-bond donors (Lipinski definition) is 0. The summed E-state index contributed by atoms with van der Waals surface area (Å²) in [6.07, 6.45) is 3.76. The smallest absolute Gasteiger partial charge is 0.251 e. The average molecular weight is 289 g/mol. The summed E-state index contributed by atoms with van der Waals surface area (Å²) in [7, 11) is 0. The van der Waals surface area contributed by atoms with Crippen LogP contribution in [0.15, 0.2) is 30.3 Å². The van der Waals surface area contributed by atoms with Crippen LogP contribution in [0.1, 0.15) is 25.7 Å². The van der Waals surface area contributed by atoms with Crippen molar-refractivity contribution >= 4 is 5.91 Å². The lowest BCUT2D eigenvalue weighted by Gasteiger charge is -2.33. The first kappa shape index (κ1) is 14.4. The van der Waals surface area contributed by atoms with Gasteiger partial charge in [-0.05, 0) is 43.7 Å². The van der Waals surface area contributed by atoms with Crippen molar-refractivity contribution in [2.24, 2.45) is 5.92 Å². The maximum absolute atomic E-state index is 12.3. The number of likely N-dealkylation sites (tertiary alicyclic amines) is 1. The normalized spacial score (nSPS) is 23.2. The number of carbonyl (C=O) groups excluding carboxylic acids is 1. The van der Waals surface area contributed by atoms with E-state index in [4.69, 9.17) is 9.47 Å². The first-order valence-electron chi connectivity index (χ1n) is 7.91. The van der Waals surface area contributed by atoms with Gasteiger partial charge in [0.15, 0.2) is 0 Å². The number of para-hydroxylation sites is 1. The predicted molar refractivity (Wildman–Crippen MR) is 80.2 cm³/mol. The number of hydrogen-bond acceptors (Lipinski definition) is 3. The van der Waals surface area contributed by atoms with Crippen LogP contribution in [-0.4, -0.2) is 43.2 Å². The molecule has 1 unspecified atom stereocenters. The molecular weight excluding hydrogens is 266 g/mol. The molecule has 1 aromatic rings. The summed E-state index contributed by atoms with van der Waals surface area (Å²) in [4.78, 5) is 14.2. The van der Waals surface area contributed by atoms with Gasteiger partial charge in [0.25, 0.3) is 5.91 Å². The van der Waals surface area contributed by atoms with Crippen molar-refractivity contribution in [3.8, 4) is 5.75 Å². The molecule has 0 aliphatic carbocycles. The molecule has 1 amide bonds. The minimum Gasteiger partial charge on any atom is -0.493 e. The van der Waals surface area contributed by atoms with Crippen LogP contribution in [-0.2, 0) is 9.53 Å². The SMILES string of the molecule is O=C(C1CCCO1)N1CCC(COc2ccccc2)CC1. The van der Waals surface area contributed by atoms with E-state index in [2.05, 4.69) is 0 Å². The molecule has 1 aromatic carbocycles. The molecule has 2 aliphatic heterocycles. The highest BCUT2D eigenvalue weighted by Gasteiger charge is 2.30. The van der Waals surface area contributed by atoms with Crippen LogP contribution < -0.4 is 4.74 Å². The Labute approximate surface area is 126 Å². The predicted octanol–water partition coefficient (Wildman–Crippen LogP) is 2.48. The van der Waals surface area contributed by atoms with Gasteiger partial charge in [-0.25, -0.2) is 0 Å². The number of amides is 1. The van der Waals surface area contributed by atoms with Crippen LogP contribution >= 0.6 is 0 Å². The monoisotopic (exact) mass is 289 g/mol. The largest absolute Gasteiger partial charge is 0.493 e. The standard InChI is InChI=1S/C17H23NO3/c19-17(16-7-4-12-20-16)18-10-8-14(9-11-18)13-21-15-5-2-1-3-6-15/h1-3,5-6,14,16H,4,7-13H2. The molecule has 2 heterocycles. The van der Waals surface area contributed by atoms with E-state index in [-0.39, 0.29) is 12.0 Å². The molecule has 2 fully saturated rings. The third-order valence-corrected chi connectivity index (χ3v) is 4.36. The van der Waals surface area contributed by atoms with Gasteiger partial charge in [0, 0.05) is 19.7 Å². The molecule has 0 aromatic heterocycles. The molecule has 4 nitrogen and oxygen atoms in total. The number of benzene rings is 1. The first-order valence-corrected chi connectivity index (χ1v) is 7.91. The fraction of sp³-hybridized carbons (Fsp3) is 0.588. The highest BCUT2D eigenvalue weighted by Crippen LogP contribution is 2.22. The summed E-state index contributed by atoms with van der Waals surface area (Å²) in [5.74, 6) is 1.66. The van der Waals surface area contributed by atoms with Gasteiger partial charge in [-0.1, -0.05) is 18.2 Å². The molecule has 0 spiro atoms. The van der Waals surface area contributed by atoms with Gasteiger partial charge >= 0.3 is 0 Å². The van der Waals surface area contributed by atoms with E-state index in [1.54, 1.807) is 0 Å². The van der Waals surface area contributed by atoms with Crippen LogP contribution in [0.3, 0.4) is 0 Å². The topological polar surface area (TPSA) is 38.8 Å². The molecule has 0 saturated carbocycles. The zero-order chi connectivity index (χ0) is 14.5. The highest BCUT2D eigenvalue weighted by molar-refractivity contribution is 5.81. The Hall–Kier alpha value is -1.55. The van der Waals surface area contributed by atoms with E-state index in [1.807, 2.05) is 35.2 Å². The Morgan fingerprint density at radius 3 is 2.62 bits per heavy atom. The Morgan fingerprint density at radius 1 is 1.19 bits per heavy atom. The van der Waals surface area contributed by atoms with E-state index in [0.717, 1.165) is 57.7 Å². The molecule has 21 heavy (non-hydrogen) atoms. The van der Waals surface area contributed by atoms with Crippen LogP contribution in [0, 0.1) is 5.92 Å². The second-order valence-electron chi connectivity index (χ2n) is 5.89. The van der Waals surface area contributed by atoms with Crippen LogP contribution in [0.4, 0.5) is 0 Å². The lowest BCUT2D eigenvalue weighted by Crippen LogP contribution is -2.44. The lowest BCUT2D eigenvalue weighted by molar-refractivity contribution is -0.142. The van der Waals surface area contributed by atoms with Crippen molar-refractivity contribution in [3.05, 3.63) is 30.3 Å². The zero-order valence-electron chi connectivity index (χ0n) is 12.4. The first-order chi connectivity index (χ1) is 10.3. The van der Waals surface area contributed by atoms with Crippen molar-refractivity contribution in [1.82, 2.24) is 4.90 Å². The number of rotatable bonds is 4. The molecule has 0 N–H and O–H groups in total. The maximum Gasteiger partial charge on any atom is 0.251 e. The van der Waals surface area contributed by atoms with Crippen LogP contribution in [0.5, 0.6) is 5.75 Å². The summed E-state index contributed by atoms with van der Waals surface area (Å²) in [5, 5.41) is 0. The zero-order valence-corrected chi connectivity index (χ0v) is 12.4. The van der Waals surface area contributed by atoms with E-state index >= 15 is 0 Å². The molecule has 3 rings (SSSR count). The Kier molecular flexibility index (Phi) is 4.76. The molecule has 2 saturated heterocycles. The Morgan fingerprint density at radius 2 is 1.95 bits per heavy atom. The van der Waals surface area contributed by atoms with Crippen LogP contribution in [0.2, 0.25) is 0 Å². The quantitative estimate of drug-likeness (QED) is 0.855. The van der Waals surface area contributed by atoms with Gasteiger partial charge in [-0.2, -0.15) is 0 Å².